The van der Waals surface area contributed by atoms with Crippen LogP contribution in [0, 0.1) is 12.7 Å². The lowest BCUT2D eigenvalue weighted by Crippen LogP contribution is -2.14. The molecule has 2 N–H and O–H groups in total. The molecule has 0 aliphatic rings. The molecule has 5 nitrogen and oxygen atoms in total. The molecule has 1 amide bonds. The minimum absolute atomic E-state index is 0.146. The summed E-state index contributed by atoms with van der Waals surface area (Å²) in [5, 5.41) is 14.8. The standard InChI is InChI=1S/C17H14ClFN4OS2/c1-10-3-2-4-12(7-10)20-16-22-23-17(26-16)25-9-15(24)21-14-6-5-11(19)8-13(14)18/h2-8H,9H2,1H3,(H,20,22)(H,21,24). The molecule has 0 unspecified atom stereocenters. The van der Waals surface area contributed by atoms with E-state index in [2.05, 4.69) is 20.8 Å². The van der Waals surface area contributed by atoms with E-state index in [1.165, 1.54) is 35.2 Å². The van der Waals surface area contributed by atoms with Crippen molar-refractivity contribution >= 4 is 57.1 Å². The Labute approximate surface area is 163 Å². The van der Waals surface area contributed by atoms with Crippen LogP contribution >= 0.6 is 34.7 Å². The number of hydrogen-bond donors (Lipinski definition) is 2. The molecule has 0 spiro atoms. The second-order valence-corrected chi connectivity index (χ2v) is 7.94. The molecule has 0 aliphatic carbocycles. The number of aromatic nitrogens is 2. The number of halogens is 2. The highest BCUT2D eigenvalue weighted by Crippen LogP contribution is 2.28. The van der Waals surface area contributed by atoms with E-state index in [1.54, 1.807) is 0 Å². The summed E-state index contributed by atoms with van der Waals surface area (Å²) in [7, 11) is 0. The molecule has 3 aromatic rings. The van der Waals surface area contributed by atoms with Crippen molar-refractivity contribution in [2.24, 2.45) is 0 Å². The molecule has 0 bridgehead atoms. The number of benzene rings is 2. The van der Waals surface area contributed by atoms with Crippen LogP contribution in [0.2, 0.25) is 5.02 Å². The van der Waals surface area contributed by atoms with Gasteiger partial charge in [0.15, 0.2) is 4.34 Å². The van der Waals surface area contributed by atoms with Crippen molar-refractivity contribution in [1.29, 1.82) is 0 Å². The molecule has 26 heavy (non-hydrogen) atoms. The van der Waals surface area contributed by atoms with E-state index in [9.17, 15) is 9.18 Å². The van der Waals surface area contributed by atoms with Crippen molar-refractivity contribution in [2.75, 3.05) is 16.4 Å². The first-order valence-corrected chi connectivity index (χ1v) is 9.72. The maximum Gasteiger partial charge on any atom is 0.234 e. The van der Waals surface area contributed by atoms with E-state index in [4.69, 9.17) is 11.6 Å². The molecule has 1 heterocycles. The first-order valence-electron chi connectivity index (χ1n) is 7.54. The summed E-state index contributed by atoms with van der Waals surface area (Å²) in [4.78, 5) is 12.0. The molecule has 1 aromatic heterocycles. The molecule has 0 atom stereocenters. The molecular weight excluding hydrogens is 395 g/mol. The summed E-state index contributed by atoms with van der Waals surface area (Å²) in [6, 6.07) is 11.7. The lowest BCUT2D eigenvalue weighted by atomic mass is 10.2. The smallest absolute Gasteiger partial charge is 0.234 e. The van der Waals surface area contributed by atoms with E-state index in [-0.39, 0.29) is 16.7 Å². The van der Waals surface area contributed by atoms with Gasteiger partial charge < -0.3 is 10.6 Å². The van der Waals surface area contributed by atoms with Crippen LogP contribution < -0.4 is 10.6 Å². The maximum atomic E-state index is 13.0. The van der Waals surface area contributed by atoms with Gasteiger partial charge in [0.25, 0.3) is 0 Å². The summed E-state index contributed by atoms with van der Waals surface area (Å²) in [6.07, 6.45) is 0. The van der Waals surface area contributed by atoms with Gasteiger partial charge in [-0.05, 0) is 42.8 Å². The second kappa shape index (κ2) is 8.48. The van der Waals surface area contributed by atoms with Crippen molar-refractivity contribution in [3.63, 3.8) is 0 Å². The highest BCUT2D eigenvalue weighted by molar-refractivity contribution is 8.01. The minimum atomic E-state index is -0.454. The number of anilines is 3. The third-order valence-corrected chi connectivity index (χ3v) is 5.49. The van der Waals surface area contributed by atoms with Crippen LogP contribution in [-0.2, 0) is 4.79 Å². The Kier molecular flexibility index (Phi) is 6.08. The molecule has 9 heteroatoms. The van der Waals surface area contributed by atoms with E-state index in [0.29, 0.717) is 15.2 Å². The largest absolute Gasteiger partial charge is 0.330 e. The van der Waals surface area contributed by atoms with Crippen LogP contribution in [0.3, 0.4) is 0 Å². The molecule has 0 aliphatic heterocycles. The lowest BCUT2D eigenvalue weighted by molar-refractivity contribution is -0.113. The van der Waals surface area contributed by atoms with E-state index < -0.39 is 5.82 Å². The van der Waals surface area contributed by atoms with Gasteiger partial charge in [0.05, 0.1) is 16.5 Å². The lowest BCUT2D eigenvalue weighted by Gasteiger charge is -2.06. The molecular formula is C17H14ClFN4OS2. The van der Waals surface area contributed by atoms with Crippen molar-refractivity contribution in [3.8, 4) is 0 Å². The Hall–Kier alpha value is -2.16. The summed E-state index contributed by atoms with van der Waals surface area (Å²) in [5.74, 6) is -0.566. The Morgan fingerprint density at radius 2 is 2.12 bits per heavy atom. The van der Waals surface area contributed by atoms with Gasteiger partial charge in [-0.25, -0.2) is 4.39 Å². The van der Waals surface area contributed by atoms with Gasteiger partial charge in [-0.1, -0.05) is 46.8 Å². The Morgan fingerprint density at radius 1 is 1.27 bits per heavy atom. The van der Waals surface area contributed by atoms with Crippen LogP contribution in [0.15, 0.2) is 46.8 Å². The van der Waals surface area contributed by atoms with Crippen LogP contribution in [0.5, 0.6) is 0 Å². The average molecular weight is 409 g/mol. The number of nitrogens with zero attached hydrogens (tertiary/aromatic N) is 2. The van der Waals surface area contributed by atoms with Crippen molar-refractivity contribution in [3.05, 3.63) is 58.9 Å². The van der Waals surface area contributed by atoms with Gasteiger partial charge in [-0.3, -0.25) is 4.79 Å². The highest BCUT2D eigenvalue weighted by atomic mass is 35.5. The topological polar surface area (TPSA) is 66.9 Å². The monoisotopic (exact) mass is 408 g/mol. The van der Waals surface area contributed by atoms with Crippen LogP contribution in [0.1, 0.15) is 5.56 Å². The number of thioether (sulfide) groups is 1. The molecule has 0 saturated carbocycles. The van der Waals surface area contributed by atoms with Gasteiger partial charge in [-0.2, -0.15) is 0 Å². The summed E-state index contributed by atoms with van der Waals surface area (Å²) in [5.41, 5.74) is 2.45. The number of carbonyl (C=O) groups excluding carboxylic acids is 1. The highest BCUT2D eigenvalue weighted by Gasteiger charge is 2.10. The molecule has 0 saturated heterocycles. The Balaban J connectivity index is 1.53. The van der Waals surface area contributed by atoms with Crippen molar-refractivity contribution < 1.29 is 9.18 Å². The minimum Gasteiger partial charge on any atom is -0.330 e. The predicted molar refractivity (Wildman–Crippen MR) is 105 cm³/mol. The number of amides is 1. The number of rotatable bonds is 6. The van der Waals surface area contributed by atoms with E-state index in [0.717, 1.165) is 17.3 Å². The van der Waals surface area contributed by atoms with Gasteiger partial charge >= 0.3 is 0 Å². The zero-order chi connectivity index (χ0) is 18.5. The summed E-state index contributed by atoms with van der Waals surface area (Å²) >= 11 is 8.52. The van der Waals surface area contributed by atoms with Gasteiger partial charge in [0.2, 0.25) is 11.0 Å². The zero-order valence-electron chi connectivity index (χ0n) is 13.6. The first kappa shape index (κ1) is 18.6. The summed E-state index contributed by atoms with van der Waals surface area (Å²) in [6.45, 7) is 2.01. The fourth-order valence-corrected chi connectivity index (χ4v) is 3.86. The predicted octanol–water partition coefficient (Wildman–Crippen LogP) is 5.11. The van der Waals surface area contributed by atoms with Crippen molar-refractivity contribution in [1.82, 2.24) is 10.2 Å². The third kappa shape index (κ3) is 5.17. The fourth-order valence-electron chi connectivity index (χ4n) is 2.07. The van der Waals surface area contributed by atoms with Crippen molar-refractivity contribution in [2.45, 2.75) is 11.3 Å². The van der Waals surface area contributed by atoms with E-state index in [1.807, 2.05) is 31.2 Å². The van der Waals surface area contributed by atoms with Gasteiger partial charge in [-0.15, -0.1) is 10.2 Å². The molecule has 2 aromatic carbocycles. The third-order valence-electron chi connectivity index (χ3n) is 3.21. The first-order chi connectivity index (χ1) is 12.5. The maximum absolute atomic E-state index is 13.0. The van der Waals surface area contributed by atoms with Crippen LogP contribution in [0.25, 0.3) is 0 Å². The quantitative estimate of drug-likeness (QED) is 0.554. The zero-order valence-corrected chi connectivity index (χ0v) is 16.0. The van der Waals surface area contributed by atoms with Gasteiger partial charge in [0.1, 0.15) is 5.82 Å². The van der Waals surface area contributed by atoms with Crippen LogP contribution in [0.4, 0.5) is 20.9 Å². The Morgan fingerprint density at radius 3 is 2.88 bits per heavy atom. The van der Waals surface area contributed by atoms with Gasteiger partial charge in [0, 0.05) is 5.69 Å². The Bertz CT molecular complexity index is 935. The number of aryl methyl sites for hydroxylation is 1. The summed E-state index contributed by atoms with van der Waals surface area (Å²) < 4.78 is 13.7. The fraction of sp³-hybridized carbons (Fsp3) is 0.118. The number of carbonyl (C=O) groups is 1. The normalized spacial score (nSPS) is 10.6. The molecule has 134 valence electrons. The molecule has 0 fully saturated rings. The molecule has 0 radical (unpaired) electrons. The number of hydrogen-bond acceptors (Lipinski definition) is 6. The van der Waals surface area contributed by atoms with E-state index >= 15 is 0 Å². The SMILES string of the molecule is Cc1cccc(Nc2nnc(SCC(=O)Nc3ccc(F)cc3Cl)s2)c1. The average Bonchev–Trinajstić information content (AvgIpc) is 3.03. The number of nitrogens with one attached hydrogen (secondary N) is 2. The second-order valence-electron chi connectivity index (χ2n) is 5.33. The molecule has 3 rings (SSSR count). The van der Waals surface area contributed by atoms with Crippen LogP contribution in [-0.4, -0.2) is 21.9 Å².